The molecule has 0 radical (unpaired) electrons. The Labute approximate surface area is 383 Å². The van der Waals surface area contributed by atoms with Crippen LogP contribution in [0.1, 0.15) is 109 Å². The lowest BCUT2D eigenvalue weighted by Crippen LogP contribution is -2.56. The molecular weight excluding hydrogens is 865 g/mol. The van der Waals surface area contributed by atoms with Crippen LogP contribution in [0.25, 0.3) is 0 Å². The Hall–Kier alpha value is -5.45. The number of rotatable bonds is 29. The third-order valence-electron chi connectivity index (χ3n) is 11.8. The largest absolute Gasteiger partial charge is 0.368 e. The summed E-state index contributed by atoms with van der Waals surface area (Å²) >= 11 is 1.84. The van der Waals surface area contributed by atoms with E-state index in [-0.39, 0.29) is 61.5 Å². The standard InChI is InChI=1S/C42H68N12O10S/c1-24(2)15-29(51-41(62)30(18-27-19-44-23-48-27)50-39(60)26(17-34(56)54-64)16-25-9-3-4-10-25)40(61)47-20-35(57)46-21-36(58)49-28(38(43)59)11-7-8-14-45-33(55)13-6-5-12-32-37-31(22-65-32)52-42(63)53-37/h19,23-26,28-32,37,64H,3-18,20-22H2,1-2H3,(H2,43,59)(H,44,48)(H,45,55)(H,46,57)(H,47,61)(H,49,58)(H,50,60)(H,51,62)(H,54,56)(H2,52,53,63)/t26?,28-,29-,30-,31-,32-,37-/m0/s1. The van der Waals surface area contributed by atoms with Crippen molar-refractivity contribution in [1.29, 1.82) is 0 Å². The van der Waals surface area contributed by atoms with E-state index in [1.807, 2.05) is 25.6 Å². The number of nitrogens with one attached hydrogen (secondary N) is 10. The van der Waals surface area contributed by atoms with Crippen LogP contribution in [0.4, 0.5) is 4.79 Å². The second-order valence-corrected chi connectivity index (χ2v) is 18.9. The van der Waals surface area contributed by atoms with Crippen molar-refractivity contribution in [2.45, 2.75) is 146 Å². The van der Waals surface area contributed by atoms with Crippen LogP contribution >= 0.6 is 11.8 Å². The number of primary amides is 1. The summed E-state index contributed by atoms with van der Waals surface area (Å²) in [5.74, 6) is -4.67. The Morgan fingerprint density at radius 3 is 2.26 bits per heavy atom. The normalized spacial score (nSPS) is 19.7. The molecular formula is C42H68N12O10S. The quantitative estimate of drug-likeness (QED) is 0.0205. The first-order chi connectivity index (χ1) is 31.1. The predicted molar refractivity (Wildman–Crippen MR) is 238 cm³/mol. The molecule has 3 aliphatic rings. The summed E-state index contributed by atoms with van der Waals surface area (Å²) in [6, 6.07) is -3.12. The van der Waals surface area contributed by atoms with Gasteiger partial charge in [0, 0.05) is 54.6 Å². The Morgan fingerprint density at radius 2 is 1.57 bits per heavy atom. The molecule has 2 saturated heterocycles. The van der Waals surface area contributed by atoms with Crippen LogP contribution in [-0.4, -0.2) is 129 Å². The highest BCUT2D eigenvalue weighted by atomic mass is 32.2. The summed E-state index contributed by atoms with van der Waals surface area (Å²) in [5, 5.41) is 31.1. The number of unbranched alkanes of at least 4 members (excludes halogenated alkanes) is 2. The van der Waals surface area contributed by atoms with Gasteiger partial charge < -0.3 is 53.3 Å². The number of hydroxylamine groups is 1. The Morgan fingerprint density at radius 1 is 0.831 bits per heavy atom. The first-order valence-electron chi connectivity index (χ1n) is 22.7. The molecule has 4 rings (SSSR count). The van der Waals surface area contributed by atoms with Crippen molar-refractivity contribution in [3.63, 3.8) is 0 Å². The molecule has 1 saturated carbocycles. The van der Waals surface area contributed by atoms with Gasteiger partial charge >= 0.3 is 6.03 Å². The van der Waals surface area contributed by atoms with E-state index in [0.717, 1.165) is 50.7 Å². The van der Waals surface area contributed by atoms with Crippen LogP contribution in [0.15, 0.2) is 12.5 Å². The molecule has 0 bridgehead atoms. The summed E-state index contributed by atoms with van der Waals surface area (Å²) in [6.07, 6.45) is 11.2. The molecule has 13 N–H and O–H groups in total. The van der Waals surface area contributed by atoms with E-state index < -0.39 is 78.5 Å². The van der Waals surface area contributed by atoms with Gasteiger partial charge in [-0.2, -0.15) is 11.8 Å². The van der Waals surface area contributed by atoms with Gasteiger partial charge in [0.1, 0.15) is 18.1 Å². The molecule has 3 heterocycles. The highest BCUT2D eigenvalue weighted by Crippen LogP contribution is 2.33. The van der Waals surface area contributed by atoms with Crippen LogP contribution in [0.2, 0.25) is 0 Å². The molecule has 362 valence electrons. The fourth-order valence-corrected chi connectivity index (χ4v) is 9.96. The molecule has 2 aliphatic heterocycles. The SMILES string of the molecule is CC(C)C[C@H](NC(=O)[C@H](Cc1cnc[nH]1)NC(=O)C(CC(=O)NO)CC1CCCC1)C(=O)NCC(=O)NCC(=O)N[C@@H](CCCCNC(=O)CCCC[C@@H]1SC[C@@H]2NC(=O)N[C@@H]21)C(N)=O. The number of fused-ring (bicyclic) bond motifs is 1. The smallest absolute Gasteiger partial charge is 0.315 e. The number of hydrogen-bond donors (Lipinski definition) is 12. The summed E-state index contributed by atoms with van der Waals surface area (Å²) in [6.45, 7) is 3.02. The van der Waals surface area contributed by atoms with Gasteiger partial charge in [0.25, 0.3) is 0 Å². The fraction of sp³-hybridized carbons (Fsp3) is 0.714. The van der Waals surface area contributed by atoms with E-state index in [4.69, 9.17) is 10.9 Å². The molecule has 23 heteroatoms. The lowest BCUT2D eigenvalue weighted by molar-refractivity contribution is -0.137. The zero-order valence-corrected chi connectivity index (χ0v) is 38.2. The molecule has 1 aromatic heterocycles. The van der Waals surface area contributed by atoms with Gasteiger partial charge in [0.05, 0.1) is 31.5 Å². The minimum atomic E-state index is -1.18. The van der Waals surface area contributed by atoms with Gasteiger partial charge in [-0.1, -0.05) is 46.0 Å². The molecule has 0 spiro atoms. The van der Waals surface area contributed by atoms with Crippen molar-refractivity contribution in [1.82, 2.24) is 58.0 Å². The van der Waals surface area contributed by atoms with Crippen molar-refractivity contribution in [2.75, 3.05) is 25.4 Å². The first kappa shape index (κ1) is 52.2. The second-order valence-electron chi connectivity index (χ2n) is 17.6. The van der Waals surface area contributed by atoms with Crippen molar-refractivity contribution < 1.29 is 48.4 Å². The maximum absolute atomic E-state index is 13.8. The third kappa shape index (κ3) is 18.5. The molecule has 65 heavy (non-hydrogen) atoms. The van der Waals surface area contributed by atoms with Crippen molar-refractivity contribution in [3.05, 3.63) is 18.2 Å². The van der Waals surface area contributed by atoms with E-state index in [2.05, 4.69) is 52.5 Å². The monoisotopic (exact) mass is 932 g/mol. The van der Waals surface area contributed by atoms with E-state index >= 15 is 0 Å². The van der Waals surface area contributed by atoms with Gasteiger partial charge in [0.2, 0.25) is 47.3 Å². The third-order valence-corrected chi connectivity index (χ3v) is 13.4. The minimum absolute atomic E-state index is 0.0139. The molecule has 7 atom stereocenters. The van der Waals surface area contributed by atoms with Crippen molar-refractivity contribution in [2.24, 2.45) is 23.5 Å². The minimum Gasteiger partial charge on any atom is -0.368 e. The molecule has 0 aromatic carbocycles. The van der Waals surface area contributed by atoms with Crippen LogP contribution in [0.5, 0.6) is 0 Å². The highest BCUT2D eigenvalue weighted by molar-refractivity contribution is 8.00. The van der Waals surface area contributed by atoms with Gasteiger partial charge in [0.15, 0.2) is 0 Å². The van der Waals surface area contributed by atoms with Gasteiger partial charge in [-0.15, -0.1) is 0 Å². The maximum Gasteiger partial charge on any atom is 0.315 e. The van der Waals surface area contributed by atoms with E-state index in [1.54, 1.807) is 5.48 Å². The number of nitrogens with zero attached hydrogens (tertiary/aromatic N) is 1. The molecule has 1 aromatic rings. The van der Waals surface area contributed by atoms with Gasteiger partial charge in [-0.25, -0.2) is 15.3 Å². The van der Waals surface area contributed by atoms with Crippen LogP contribution in [0, 0.1) is 17.8 Å². The van der Waals surface area contributed by atoms with E-state index in [1.165, 1.54) is 12.5 Å². The van der Waals surface area contributed by atoms with Gasteiger partial charge in [-0.3, -0.25) is 43.6 Å². The number of carbonyl (C=O) groups is 9. The number of urea groups is 1. The molecule has 3 fully saturated rings. The number of aromatic amines is 1. The topological polar surface area (TPSA) is 337 Å². The second kappa shape index (κ2) is 27.1. The number of aromatic nitrogens is 2. The number of imidazole rings is 1. The first-order valence-corrected chi connectivity index (χ1v) is 23.8. The summed E-state index contributed by atoms with van der Waals surface area (Å²) < 4.78 is 0. The summed E-state index contributed by atoms with van der Waals surface area (Å²) in [4.78, 5) is 121. The fourth-order valence-electron chi connectivity index (χ4n) is 8.42. The van der Waals surface area contributed by atoms with E-state index in [0.29, 0.717) is 43.2 Å². The predicted octanol–water partition coefficient (Wildman–Crippen LogP) is -0.725. The summed E-state index contributed by atoms with van der Waals surface area (Å²) in [5.41, 5.74) is 7.61. The van der Waals surface area contributed by atoms with E-state index in [9.17, 15) is 43.2 Å². The van der Waals surface area contributed by atoms with Gasteiger partial charge in [-0.05, 0) is 56.8 Å². The number of hydrogen-bond acceptors (Lipinski definition) is 12. The highest BCUT2D eigenvalue weighted by Gasteiger charge is 2.42. The Kier molecular flexibility index (Phi) is 21.8. The average molecular weight is 933 g/mol. The van der Waals surface area contributed by atoms with Crippen LogP contribution in [0.3, 0.4) is 0 Å². The lowest BCUT2D eigenvalue weighted by atomic mass is 9.89. The summed E-state index contributed by atoms with van der Waals surface area (Å²) in [7, 11) is 0. The van der Waals surface area contributed by atoms with Crippen molar-refractivity contribution >= 4 is 65.1 Å². The zero-order chi connectivity index (χ0) is 47.3. The molecule has 10 amide bonds. The molecule has 22 nitrogen and oxygen atoms in total. The number of amides is 10. The van der Waals surface area contributed by atoms with Crippen LogP contribution < -0.4 is 53.7 Å². The Bertz CT molecular complexity index is 1780. The lowest BCUT2D eigenvalue weighted by Gasteiger charge is -2.26. The van der Waals surface area contributed by atoms with Crippen LogP contribution in [-0.2, 0) is 44.8 Å². The number of H-pyrrole nitrogens is 1. The number of nitrogens with two attached hydrogens (primary N) is 1. The maximum atomic E-state index is 13.8. The molecule has 1 aliphatic carbocycles. The average Bonchev–Trinajstić information content (AvgIpc) is 4.10. The number of carbonyl (C=O) groups excluding carboxylic acids is 9. The zero-order valence-electron chi connectivity index (χ0n) is 37.3. The number of thioether (sulfide) groups is 1. The Balaban J connectivity index is 1.16. The van der Waals surface area contributed by atoms with Crippen molar-refractivity contribution in [3.8, 4) is 0 Å². The molecule has 1 unspecified atom stereocenters.